The Bertz CT molecular complexity index is 635. The Hall–Kier alpha value is -2.12. The molecule has 0 saturated carbocycles. The van der Waals surface area contributed by atoms with E-state index in [0.29, 0.717) is 10.7 Å². The lowest BCUT2D eigenvalue weighted by Crippen LogP contribution is -1.97. The number of rotatable bonds is 2. The number of hydrogen-bond acceptors (Lipinski definition) is 2. The predicted molar refractivity (Wildman–Crippen MR) is 65.8 cm³/mol. The van der Waals surface area contributed by atoms with E-state index in [2.05, 4.69) is 5.32 Å². The highest BCUT2D eigenvalue weighted by molar-refractivity contribution is 6.30. The molecule has 0 aliphatic rings. The quantitative estimate of drug-likeness (QED) is 0.881. The molecule has 0 radical (unpaired) electrons. The summed E-state index contributed by atoms with van der Waals surface area (Å²) in [6.07, 6.45) is 0. The zero-order valence-electron chi connectivity index (χ0n) is 9.05. The molecule has 0 saturated heterocycles. The molecule has 0 aliphatic heterocycles. The minimum atomic E-state index is -0.524. The Morgan fingerprint density at radius 2 is 1.83 bits per heavy atom. The molecule has 0 fully saturated rings. The minimum Gasteiger partial charge on any atom is -0.352 e. The first-order valence-corrected chi connectivity index (χ1v) is 5.39. The van der Waals surface area contributed by atoms with Crippen LogP contribution in [0.3, 0.4) is 0 Å². The van der Waals surface area contributed by atoms with Crippen molar-refractivity contribution in [2.24, 2.45) is 0 Å². The van der Waals surface area contributed by atoms with Crippen LogP contribution in [-0.2, 0) is 0 Å². The van der Waals surface area contributed by atoms with Gasteiger partial charge in [-0.2, -0.15) is 5.26 Å². The zero-order valence-corrected chi connectivity index (χ0v) is 9.80. The van der Waals surface area contributed by atoms with E-state index >= 15 is 0 Å². The van der Waals surface area contributed by atoms with E-state index in [9.17, 15) is 8.78 Å². The molecule has 0 aromatic heterocycles. The third kappa shape index (κ3) is 2.58. The van der Waals surface area contributed by atoms with Gasteiger partial charge in [-0.15, -0.1) is 0 Å². The molecule has 0 aliphatic carbocycles. The summed E-state index contributed by atoms with van der Waals surface area (Å²) in [6, 6.07) is 9.48. The molecule has 0 bridgehead atoms. The zero-order chi connectivity index (χ0) is 13.1. The van der Waals surface area contributed by atoms with E-state index in [1.165, 1.54) is 30.3 Å². The second-order valence-electron chi connectivity index (χ2n) is 3.55. The average Bonchev–Trinajstić information content (AvgIpc) is 2.36. The molecule has 0 heterocycles. The Balaban J connectivity index is 2.40. The molecular formula is C13H7ClF2N2. The van der Waals surface area contributed by atoms with Crippen molar-refractivity contribution in [3.8, 4) is 6.07 Å². The standard InChI is InChI=1S/C13H7ClF2N2/c14-9-1-3-11(16)13(6-9)18-12-4-2-10(15)5-8(12)7-17/h1-6,18H. The summed E-state index contributed by atoms with van der Waals surface area (Å²) in [5.41, 5.74) is 0.542. The number of hydrogen-bond donors (Lipinski definition) is 1. The van der Waals surface area contributed by atoms with Gasteiger partial charge in [0.15, 0.2) is 0 Å². The van der Waals surface area contributed by atoms with Gasteiger partial charge in [-0.1, -0.05) is 11.6 Å². The molecule has 0 amide bonds. The predicted octanol–water partition coefficient (Wildman–Crippen LogP) is 4.23. The van der Waals surface area contributed by atoms with Crippen molar-refractivity contribution in [2.75, 3.05) is 5.32 Å². The van der Waals surface area contributed by atoms with Gasteiger partial charge in [0.1, 0.15) is 17.7 Å². The summed E-state index contributed by atoms with van der Waals surface area (Å²) in [5.74, 6) is -1.03. The fourth-order valence-corrected chi connectivity index (χ4v) is 1.63. The highest BCUT2D eigenvalue weighted by atomic mass is 35.5. The summed E-state index contributed by atoms with van der Waals surface area (Å²) in [6.45, 7) is 0. The van der Waals surface area contributed by atoms with Crippen LogP contribution in [0.1, 0.15) is 5.56 Å². The van der Waals surface area contributed by atoms with E-state index in [-0.39, 0.29) is 11.3 Å². The van der Waals surface area contributed by atoms with E-state index in [0.717, 1.165) is 6.07 Å². The average molecular weight is 265 g/mol. The fourth-order valence-electron chi connectivity index (χ4n) is 1.46. The number of nitrogens with one attached hydrogen (secondary N) is 1. The smallest absolute Gasteiger partial charge is 0.146 e. The van der Waals surface area contributed by atoms with Gasteiger partial charge in [0.25, 0.3) is 0 Å². The van der Waals surface area contributed by atoms with Crippen LogP contribution in [0.25, 0.3) is 0 Å². The maximum atomic E-state index is 13.5. The number of nitrogens with zero attached hydrogens (tertiary/aromatic N) is 1. The largest absolute Gasteiger partial charge is 0.352 e. The van der Waals surface area contributed by atoms with Crippen LogP contribution in [-0.4, -0.2) is 0 Å². The van der Waals surface area contributed by atoms with Gasteiger partial charge >= 0.3 is 0 Å². The normalized spacial score (nSPS) is 9.89. The lowest BCUT2D eigenvalue weighted by molar-refractivity contribution is 0.627. The van der Waals surface area contributed by atoms with Crippen LogP contribution in [0.5, 0.6) is 0 Å². The van der Waals surface area contributed by atoms with Gasteiger partial charge in [0.2, 0.25) is 0 Å². The molecule has 2 nitrogen and oxygen atoms in total. The third-order valence-corrected chi connectivity index (χ3v) is 2.53. The first kappa shape index (κ1) is 12.3. The minimum absolute atomic E-state index is 0.0920. The molecule has 2 aromatic rings. The van der Waals surface area contributed by atoms with Crippen LogP contribution < -0.4 is 5.32 Å². The monoisotopic (exact) mass is 264 g/mol. The van der Waals surface area contributed by atoms with Gasteiger partial charge in [0, 0.05) is 5.02 Å². The van der Waals surface area contributed by atoms with Crippen LogP contribution in [0.2, 0.25) is 5.02 Å². The molecule has 0 spiro atoms. The Kier molecular flexibility index (Phi) is 3.45. The highest BCUT2D eigenvalue weighted by Gasteiger charge is 2.07. The van der Waals surface area contributed by atoms with Crippen molar-refractivity contribution in [3.05, 3.63) is 58.6 Å². The summed E-state index contributed by atoms with van der Waals surface area (Å²) < 4.78 is 26.4. The second kappa shape index (κ2) is 5.03. The first-order valence-electron chi connectivity index (χ1n) is 5.02. The molecule has 18 heavy (non-hydrogen) atoms. The topological polar surface area (TPSA) is 35.8 Å². The molecule has 5 heteroatoms. The molecule has 0 unspecified atom stereocenters. The van der Waals surface area contributed by atoms with Crippen molar-refractivity contribution in [1.82, 2.24) is 0 Å². The van der Waals surface area contributed by atoms with Crippen molar-refractivity contribution in [1.29, 1.82) is 5.26 Å². The third-order valence-electron chi connectivity index (χ3n) is 2.30. The van der Waals surface area contributed by atoms with E-state index in [1.54, 1.807) is 0 Å². The molecule has 1 N–H and O–H groups in total. The number of benzene rings is 2. The molecule has 0 atom stereocenters. The molecule has 2 aromatic carbocycles. The summed E-state index contributed by atoms with van der Waals surface area (Å²) in [4.78, 5) is 0. The summed E-state index contributed by atoms with van der Waals surface area (Å²) in [7, 11) is 0. The van der Waals surface area contributed by atoms with Crippen LogP contribution in [0.15, 0.2) is 36.4 Å². The summed E-state index contributed by atoms with van der Waals surface area (Å²) >= 11 is 5.75. The molecular weight excluding hydrogens is 258 g/mol. The summed E-state index contributed by atoms with van der Waals surface area (Å²) in [5, 5.41) is 11.9. The van der Waals surface area contributed by atoms with Crippen LogP contribution in [0, 0.1) is 23.0 Å². The number of halogens is 3. The van der Waals surface area contributed by atoms with Crippen LogP contribution in [0.4, 0.5) is 20.2 Å². The Morgan fingerprint density at radius 3 is 2.56 bits per heavy atom. The van der Waals surface area contributed by atoms with Crippen LogP contribution >= 0.6 is 11.6 Å². The second-order valence-corrected chi connectivity index (χ2v) is 3.99. The maximum absolute atomic E-state index is 13.5. The van der Waals surface area contributed by atoms with E-state index < -0.39 is 11.6 Å². The van der Waals surface area contributed by atoms with Gasteiger partial charge in [-0.3, -0.25) is 0 Å². The van der Waals surface area contributed by atoms with Gasteiger partial charge < -0.3 is 5.32 Å². The lowest BCUT2D eigenvalue weighted by Gasteiger charge is -2.09. The Labute approximate surface area is 107 Å². The van der Waals surface area contributed by atoms with Gasteiger partial charge in [0.05, 0.1) is 16.9 Å². The number of anilines is 2. The molecule has 90 valence electrons. The van der Waals surface area contributed by atoms with Crippen molar-refractivity contribution in [2.45, 2.75) is 0 Å². The Morgan fingerprint density at radius 1 is 1.06 bits per heavy atom. The first-order chi connectivity index (χ1) is 8.60. The molecule has 2 rings (SSSR count). The van der Waals surface area contributed by atoms with Crippen molar-refractivity contribution < 1.29 is 8.78 Å². The fraction of sp³-hybridized carbons (Fsp3) is 0. The van der Waals surface area contributed by atoms with Crippen molar-refractivity contribution in [3.63, 3.8) is 0 Å². The lowest BCUT2D eigenvalue weighted by atomic mass is 10.2. The van der Waals surface area contributed by atoms with E-state index in [4.69, 9.17) is 16.9 Å². The SMILES string of the molecule is N#Cc1cc(F)ccc1Nc1cc(Cl)ccc1F. The van der Waals surface area contributed by atoms with Crippen molar-refractivity contribution >= 4 is 23.0 Å². The highest BCUT2D eigenvalue weighted by Crippen LogP contribution is 2.25. The number of nitriles is 1. The van der Waals surface area contributed by atoms with Gasteiger partial charge in [-0.05, 0) is 36.4 Å². The van der Waals surface area contributed by atoms with Gasteiger partial charge in [-0.25, -0.2) is 8.78 Å². The maximum Gasteiger partial charge on any atom is 0.146 e. The van der Waals surface area contributed by atoms with E-state index in [1.807, 2.05) is 6.07 Å².